The largest absolute Gasteiger partial charge is 0.379 e. The maximum absolute atomic E-state index is 12.6. The summed E-state index contributed by atoms with van der Waals surface area (Å²) in [6, 6.07) is 10.2. The molecule has 3 aliphatic heterocycles. The summed E-state index contributed by atoms with van der Waals surface area (Å²) in [4.78, 5) is 28.6. The molecular weight excluding hydrogens is 356 g/mol. The third-order valence-corrected chi connectivity index (χ3v) is 6.81. The van der Waals surface area contributed by atoms with Crippen LogP contribution in [0.5, 0.6) is 0 Å². The summed E-state index contributed by atoms with van der Waals surface area (Å²) in [5.41, 5.74) is 1.24. The van der Waals surface area contributed by atoms with Crippen molar-refractivity contribution in [2.75, 3.05) is 39.5 Å². The van der Waals surface area contributed by atoms with Crippen molar-refractivity contribution < 1.29 is 19.1 Å². The molecule has 2 amide bonds. The maximum Gasteiger partial charge on any atom is 0.224 e. The average Bonchev–Trinajstić information content (AvgIpc) is 3.30. The van der Waals surface area contributed by atoms with Crippen LogP contribution in [0, 0.1) is 11.3 Å². The van der Waals surface area contributed by atoms with Crippen LogP contribution in [0.4, 0.5) is 0 Å². The molecule has 3 aliphatic rings. The lowest BCUT2D eigenvalue weighted by molar-refractivity contribution is -0.136. The van der Waals surface area contributed by atoms with Crippen molar-refractivity contribution in [3.05, 3.63) is 35.9 Å². The summed E-state index contributed by atoms with van der Waals surface area (Å²) in [6.07, 6.45) is 2.34. The Hall–Kier alpha value is -1.92. The third-order valence-electron chi connectivity index (χ3n) is 6.81. The number of amides is 2. The quantitative estimate of drug-likeness (QED) is 0.727. The van der Waals surface area contributed by atoms with Gasteiger partial charge in [0.2, 0.25) is 11.8 Å². The van der Waals surface area contributed by atoms with Gasteiger partial charge >= 0.3 is 0 Å². The third kappa shape index (κ3) is 3.80. The van der Waals surface area contributed by atoms with Gasteiger partial charge in [0.25, 0.3) is 0 Å². The van der Waals surface area contributed by atoms with Crippen molar-refractivity contribution in [1.29, 1.82) is 0 Å². The van der Waals surface area contributed by atoms with Gasteiger partial charge in [-0.1, -0.05) is 30.3 Å². The number of ether oxygens (including phenoxy) is 2. The van der Waals surface area contributed by atoms with Crippen molar-refractivity contribution in [1.82, 2.24) is 9.80 Å². The van der Waals surface area contributed by atoms with Gasteiger partial charge in [0, 0.05) is 32.5 Å². The minimum absolute atomic E-state index is 0.118. The summed E-state index contributed by atoms with van der Waals surface area (Å²) in [5, 5.41) is 0. The number of rotatable bonds is 5. The van der Waals surface area contributed by atoms with Gasteiger partial charge in [0.1, 0.15) is 0 Å². The van der Waals surface area contributed by atoms with E-state index < -0.39 is 0 Å². The molecule has 0 saturated carbocycles. The van der Waals surface area contributed by atoms with E-state index in [1.165, 1.54) is 0 Å². The second kappa shape index (κ2) is 8.21. The van der Waals surface area contributed by atoms with E-state index in [4.69, 9.17) is 9.47 Å². The Morgan fingerprint density at radius 3 is 2.64 bits per heavy atom. The van der Waals surface area contributed by atoms with Crippen LogP contribution in [0.15, 0.2) is 30.3 Å². The zero-order valence-electron chi connectivity index (χ0n) is 16.6. The van der Waals surface area contributed by atoms with Crippen LogP contribution in [0.25, 0.3) is 0 Å². The van der Waals surface area contributed by atoms with Gasteiger partial charge in [0.15, 0.2) is 0 Å². The van der Waals surface area contributed by atoms with Gasteiger partial charge in [0.05, 0.1) is 38.9 Å². The normalized spacial score (nSPS) is 25.9. The van der Waals surface area contributed by atoms with E-state index in [2.05, 4.69) is 0 Å². The number of nitrogens with zero attached hydrogens (tertiary/aromatic N) is 2. The fourth-order valence-electron chi connectivity index (χ4n) is 5.17. The Balaban J connectivity index is 1.25. The molecule has 3 heterocycles. The summed E-state index contributed by atoms with van der Waals surface area (Å²) in [7, 11) is 0. The molecule has 0 bridgehead atoms. The fourth-order valence-corrected chi connectivity index (χ4v) is 5.17. The standard InChI is InChI=1S/C22H30N2O4/c1-17(25)24-16-22(19-14-28-15-20(19)24)8-10-23(11-9-22)21(26)7-12-27-13-18-5-3-2-4-6-18/h2-6,19-20H,7-16H2,1H3/t19-,20+/m0/s1. The van der Waals surface area contributed by atoms with Crippen molar-refractivity contribution in [3.63, 3.8) is 0 Å². The zero-order chi connectivity index (χ0) is 19.6. The first-order chi connectivity index (χ1) is 13.6. The number of likely N-dealkylation sites (tertiary alicyclic amines) is 2. The summed E-state index contributed by atoms with van der Waals surface area (Å²) in [6.45, 7) is 6.42. The Kier molecular flexibility index (Phi) is 5.69. The van der Waals surface area contributed by atoms with E-state index in [1.807, 2.05) is 40.1 Å². The Labute approximate surface area is 166 Å². The molecule has 152 valence electrons. The first-order valence-electron chi connectivity index (χ1n) is 10.3. The number of hydrogen-bond acceptors (Lipinski definition) is 4. The number of hydrogen-bond donors (Lipinski definition) is 0. The molecule has 28 heavy (non-hydrogen) atoms. The first-order valence-corrected chi connectivity index (χ1v) is 10.3. The molecule has 1 spiro atoms. The van der Waals surface area contributed by atoms with E-state index in [0.29, 0.717) is 32.2 Å². The highest BCUT2D eigenvalue weighted by atomic mass is 16.5. The molecule has 3 saturated heterocycles. The highest BCUT2D eigenvalue weighted by molar-refractivity contribution is 5.76. The Morgan fingerprint density at radius 1 is 1.18 bits per heavy atom. The van der Waals surface area contributed by atoms with Gasteiger partial charge < -0.3 is 19.3 Å². The molecule has 0 N–H and O–H groups in total. The van der Waals surface area contributed by atoms with E-state index in [9.17, 15) is 9.59 Å². The molecule has 3 fully saturated rings. The van der Waals surface area contributed by atoms with Crippen LogP contribution in [0.2, 0.25) is 0 Å². The number of carbonyl (C=O) groups excluding carboxylic acids is 2. The van der Waals surface area contributed by atoms with Crippen LogP contribution in [-0.2, 0) is 25.7 Å². The minimum Gasteiger partial charge on any atom is -0.379 e. The SMILES string of the molecule is CC(=O)N1CC2(CCN(C(=O)CCOCc3ccccc3)CC2)[C@H]2COC[C@H]21. The number of carbonyl (C=O) groups is 2. The van der Waals surface area contributed by atoms with Crippen molar-refractivity contribution >= 4 is 11.8 Å². The van der Waals surface area contributed by atoms with Crippen LogP contribution in [-0.4, -0.2) is 67.1 Å². The lowest BCUT2D eigenvalue weighted by atomic mass is 9.70. The molecular formula is C22H30N2O4. The Morgan fingerprint density at radius 2 is 1.93 bits per heavy atom. The fraction of sp³-hybridized carbons (Fsp3) is 0.636. The van der Waals surface area contributed by atoms with E-state index in [-0.39, 0.29) is 23.3 Å². The van der Waals surface area contributed by atoms with Gasteiger partial charge in [-0.2, -0.15) is 0 Å². The van der Waals surface area contributed by atoms with Crippen molar-refractivity contribution in [3.8, 4) is 0 Å². The highest BCUT2D eigenvalue weighted by Gasteiger charge is 2.56. The molecule has 0 aromatic heterocycles. The number of piperidine rings is 1. The number of benzene rings is 1. The first kappa shape index (κ1) is 19.4. The van der Waals surface area contributed by atoms with E-state index in [1.54, 1.807) is 6.92 Å². The van der Waals surface area contributed by atoms with E-state index in [0.717, 1.165) is 44.6 Å². The lowest BCUT2D eigenvalue weighted by Gasteiger charge is -2.42. The van der Waals surface area contributed by atoms with Crippen molar-refractivity contribution in [2.45, 2.75) is 38.8 Å². The topological polar surface area (TPSA) is 59.1 Å². The monoisotopic (exact) mass is 386 g/mol. The summed E-state index contributed by atoms with van der Waals surface area (Å²) >= 11 is 0. The van der Waals surface area contributed by atoms with Gasteiger partial charge in [-0.25, -0.2) is 0 Å². The molecule has 0 aliphatic carbocycles. The molecule has 4 rings (SSSR count). The average molecular weight is 386 g/mol. The smallest absolute Gasteiger partial charge is 0.224 e. The predicted octanol–water partition coefficient (Wildman–Crippen LogP) is 2.08. The molecule has 6 heteroatoms. The van der Waals surface area contributed by atoms with Crippen LogP contribution in [0.1, 0.15) is 31.7 Å². The van der Waals surface area contributed by atoms with Crippen molar-refractivity contribution in [2.24, 2.45) is 11.3 Å². The highest BCUT2D eigenvalue weighted by Crippen LogP contribution is 2.50. The zero-order valence-corrected chi connectivity index (χ0v) is 16.6. The maximum atomic E-state index is 12.6. The second-order valence-electron chi connectivity index (χ2n) is 8.39. The molecule has 0 unspecified atom stereocenters. The summed E-state index contributed by atoms with van der Waals surface area (Å²) in [5.74, 6) is 0.734. The van der Waals surface area contributed by atoms with Crippen LogP contribution < -0.4 is 0 Å². The van der Waals surface area contributed by atoms with E-state index >= 15 is 0 Å². The lowest BCUT2D eigenvalue weighted by Crippen LogP contribution is -2.47. The molecule has 1 aromatic rings. The van der Waals surface area contributed by atoms with Gasteiger partial charge in [-0.3, -0.25) is 9.59 Å². The minimum atomic E-state index is 0.118. The number of fused-ring (bicyclic) bond motifs is 2. The molecule has 1 aromatic carbocycles. The Bertz CT molecular complexity index is 700. The van der Waals surface area contributed by atoms with Crippen LogP contribution in [0.3, 0.4) is 0 Å². The second-order valence-corrected chi connectivity index (χ2v) is 8.39. The summed E-state index contributed by atoms with van der Waals surface area (Å²) < 4.78 is 11.4. The van der Waals surface area contributed by atoms with Gasteiger partial charge in [-0.15, -0.1) is 0 Å². The predicted molar refractivity (Wildman–Crippen MR) is 104 cm³/mol. The molecule has 6 nitrogen and oxygen atoms in total. The molecule has 0 radical (unpaired) electrons. The molecule has 2 atom stereocenters. The van der Waals surface area contributed by atoms with Crippen LogP contribution >= 0.6 is 0 Å². The van der Waals surface area contributed by atoms with Gasteiger partial charge in [-0.05, 0) is 23.8 Å².